The Bertz CT molecular complexity index is 1220. The molecule has 0 saturated heterocycles. The van der Waals surface area contributed by atoms with E-state index in [-0.39, 0.29) is 24.2 Å². The van der Waals surface area contributed by atoms with Crippen molar-refractivity contribution in [3.05, 3.63) is 53.1 Å². The van der Waals surface area contributed by atoms with Gasteiger partial charge in [0.2, 0.25) is 21.8 Å². The van der Waals surface area contributed by atoms with Crippen molar-refractivity contribution in [1.29, 1.82) is 0 Å². The number of carbonyl (C=O) groups is 2. The number of hydrogen-bond acceptors (Lipinski definition) is 6. The van der Waals surface area contributed by atoms with Crippen molar-refractivity contribution >= 4 is 39.1 Å². The Hall–Kier alpha value is -2.98. The summed E-state index contributed by atoms with van der Waals surface area (Å²) < 4.78 is 37.2. The van der Waals surface area contributed by atoms with Crippen molar-refractivity contribution < 1.29 is 27.5 Å². The van der Waals surface area contributed by atoms with E-state index in [9.17, 15) is 18.0 Å². The molecule has 1 saturated carbocycles. The van der Waals surface area contributed by atoms with Gasteiger partial charge in [0.1, 0.15) is 12.6 Å². The highest BCUT2D eigenvalue weighted by Gasteiger charge is 2.31. The van der Waals surface area contributed by atoms with E-state index in [1.165, 1.54) is 25.2 Å². The van der Waals surface area contributed by atoms with Gasteiger partial charge in [-0.15, -0.1) is 0 Å². The number of rotatable bonds is 11. The predicted octanol–water partition coefficient (Wildman–Crippen LogP) is 3.99. The van der Waals surface area contributed by atoms with E-state index in [4.69, 9.17) is 21.1 Å². The third-order valence-electron chi connectivity index (χ3n) is 6.72. The lowest BCUT2D eigenvalue weighted by Gasteiger charge is -2.33. The molecule has 0 bridgehead atoms. The smallest absolute Gasteiger partial charge is 0.244 e. The van der Waals surface area contributed by atoms with Gasteiger partial charge in [-0.3, -0.25) is 13.9 Å². The van der Waals surface area contributed by atoms with Gasteiger partial charge in [0.05, 0.1) is 26.2 Å². The topological polar surface area (TPSA) is 105 Å². The third kappa shape index (κ3) is 7.77. The van der Waals surface area contributed by atoms with Gasteiger partial charge in [0, 0.05) is 23.7 Å². The highest BCUT2D eigenvalue weighted by molar-refractivity contribution is 7.92. The van der Waals surface area contributed by atoms with Crippen LogP contribution in [0, 0.1) is 0 Å². The maximum atomic E-state index is 13.7. The van der Waals surface area contributed by atoms with E-state index < -0.39 is 28.5 Å². The molecule has 0 radical (unpaired) electrons. The third-order valence-corrected chi connectivity index (χ3v) is 8.11. The number of benzene rings is 2. The van der Waals surface area contributed by atoms with Crippen LogP contribution in [0.4, 0.5) is 5.69 Å². The number of nitrogens with zero attached hydrogens (tertiary/aromatic N) is 2. The lowest BCUT2D eigenvalue weighted by atomic mass is 9.95. The maximum Gasteiger partial charge on any atom is 0.244 e. The van der Waals surface area contributed by atoms with Crippen LogP contribution in [-0.4, -0.2) is 64.2 Å². The normalized spacial score (nSPS) is 14.9. The van der Waals surface area contributed by atoms with Crippen LogP contribution in [0.5, 0.6) is 11.5 Å². The monoisotopic (exact) mass is 565 g/mol. The molecule has 1 aliphatic rings. The summed E-state index contributed by atoms with van der Waals surface area (Å²) in [4.78, 5) is 28.3. The largest absolute Gasteiger partial charge is 0.493 e. The van der Waals surface area contributed by atoms with Gasteiger partial charge < -0.3 is 19.7 Å². The average Bonchev–Trinajstić information content (AvgIpc) is 2.90. The van der Waals surface area contributed by atoms with E-state index in [0.717, 1.165) is 48.2 Å². The molecule has 3 rings (SSSR count). The molecule has 0 aromatic heterocycles. The minimum Gasteiger partial charge on any atom is -0.493 e. The van der Waals surface area contributed by atoms with Crippen LogP contribution in [-0.2, 0) is 26.2 Å². The zero-order valence-corrected chi connectivity index (χ0v) is 23.8. The fourth-order valence-corrected chi connectivity index (χ4v) is 5.50. The van der Waals surface area contributed by atoms with Crippen LogP contribution in [0.3, 0.4) is 0 Å². The average molecular weight is 566 g/mol. The molecule has 208 valence electrons. The number of sulfonamides is 1. The second-order valence-corrected chi connectivity index (χ2v) is 11.8. The molecule has 1 aliphatic carbocycles. The van der Waals surface area contributed by atoms with Gasteiger partial charge >= 0.3 is 0 Å². The van der Waals surface area contributed by atoms with E-state index >= 15 is 0 Å². The number of ether oxygens (including phenoxy) is 2. The molecule has 11 heteroatoms. The van der Waals surface area contributed by atoms with Gasteiger partial charge in [0.25, 0.3) is 0 Å². The first-order valence-electron chi connectivity index (χ1n) is 12.6. The summed E-state index contributed by atoms with van der Waals surface area (Å²) in [6.45, 7) is 1.27. The van der Waals surface area contributed by atoms with Crippen LogP contribution >= 0.6 is 11.6 Å². The van der Waals surface area contributed by atoms with Crippen molar-refractivity contribution in [2.24, 2.45) is 0 Å². The second kappa shape index (κ2) is 13.2. The first-order chi connectivity index (χ1) is 18.0. The quantitative estimate of drug-likeness (QED) is 0.442. The second-order valence-electron chi connectivity index (χ2n) is 9.48. The minimum absolute atomic E-state index is 0.0745. The molecule has 9 nitrogen and oxygen atoms in total. The Kier molecular flexibility index (Phi) is 10.3. The van der Waals surface area contributed by atoms with Gasteiger partial charge in [-0.25, -0.2) is 8.42 Å². The van der Waals surface area contributed by atoms with Crippen molar-refractivity contribution in [3.8, 4) is 11.5 Å². The Morgan fingerprint density at radius 3 is 2.24 bits per heavy atom. The van der Waals surface area contributed by atoms with Crippen molar-refractivity contribution in [2.45, 2.75) is 57.7 Å². The fraction of sp³-hybridized carbons (Fsp3) is 0.481. The van der Waals surface area contributed by atoms with E-state index in [2.05, 4.69) is 5.32 Å². The summed E-state index contributed by atoms with van der Waals surface area (Å²) in [6.07, 6.45) is 6.11. The van der Waals surface area contributed by atoms with Crippen LogP contribution in [0.15, 0.2) is 42.5 Å². The first kappa shape index (κ1) is 29.6. The van der Waals surface area contributed by atoms with Gasteiger partial charge in [-0.1, -0.05) is 43.0 Å². The Morgan fingerprint density at radius 1 is 1.03 bits per heavy atom. The molecule has 2 amide bonds. The number of carbonyl (C=O) groups excluding carboxylic acids is 2. The van der Waals surface area contributed by atoms with Crippen LogP contribution < -0.4 is 19.1 Å². The minimum atomic E-state index is -3.87. The number of methoxy groups -OCH3 is 2. The fourth-order valence-electron chi connectivity index (χ4n) is 4.53. The molecule has 0 spiro atoms. The van der Waals surface area contributed by atoms with Crippen LogP contribution in [0.25, 0.3) is 0 Å². The number of amides is 2. The van der Waals surface area contributed by atoms with Gasteiger partial charge in [0.15, 0.2) is 11.5 Å². The molecule has 1 N–H and O–H groups in total. The lowest BCUT2D eigenvalue weighted by Crippen LogP contribution is -2.52. The molecule has 38 heavy (non-hydrogen) atoms. The number of halogens is 1. The highest BCUT2D eigenvalue weighted by atomic mass is 35.5. The number of anilines is 1. The number of hydrogen-bond donors (Lipinski definition) is 1. The molecular formula is C27H36ClN3O6S. The summed E-state index contributed by atoms with van der Waals surface area (Å²) >= 11 is 6.03. The van der Waals surface area contributed by atoms with Crippen molar-refractivity contribution in [1.82, 2.24) is 10.2 Å². The SMILES string of the molecule is COc1ccc(N(CC(=O)N(Cc2ccc(Cl)cc2)[C@H](C)C(=O)NC2CCCCC2)S(C)(=O)=O)cc1OC. The molecule has 0 unspecified atom stereocenters. The van der Waals surface area contributed by atoms with Gasteiger partial charge in [-0.05, 0) is 49.6 Å². The summed E-state index contributed by atoms with van der Waals surface area (Å²) in [6, 6.07) is 10.8. The van der Waals surface area contributed by atoms with E-state index in [1.807, 2.05) is 0 Å². The molecule has 2 aromatic carbocycles. The lowest BCUT2D eigenvalue weighted by molar-refractivity contribution is -0.139. The van der Waals surface area contributed by atoms with Crippen molar-refractivity contribution in [3.63, 3.8) is 0 Å². The van der Waals surface area contributed by atoms with E-state index in [0.29, 0.717) is 16.5 Å². The Balaban J connectivity index is 1.90. The molecule has 1 atom stereocenters. The van der Waals surface area contributed by atoms with E-state index in [1.54, 1.807) is 43.3 Å². The Morgan fingerprint density at radius 2 is 1.66 bits per heavy atom. The van der Waals surface area contributed by atoms with Gasteiger partial charge in [-0.2, -0.15) is 0 Å². The maximum absolute atomic E-state index is 13.7. The molecular weight excluding hydrogens is 530 g/mol. The summed E-state index contributed by atoms with van der Waals surface area (Å²) in [5.74, 6) is -0.0413. The summed E-state index contributed by atoms with van der Waals surface area (Å²) in [5, 5.41) is 3.62. The zero-order chi connectivity index (χ0) is 27.9. The standard InChI is InChI=1S/C27H36ClN3O6S/c1-19(27(33)29-22-8-6-5-7-9-22)30(17-20-10-12-21(28)13-11-20)26(32)18-31(38(4,34)35)23-14-15-24(36-2)25(16-23)37-3/h10-16,19,22H,5-9,17-18H2,1-4H3,(H,29,33)/t19-/m1/s1. The molecule has 1 fully saturated rings. The van der Waals surface area contributed by atoms with Crippen molar-refractivity contribution in [2.75, 3.05) is 31.3 Å². The zero-order valence-electron chi connectivity index (χ0n) is 22.3. The Labute approximate surface area is 230 Å². The summed E-state index contributed by atoms with van der Waals surface area (Å²) in [7, 11) is -0.948. The molecule has 0 aliphatic heterocycles. The first-order valence-corrected chi connectivity index (χ1v) is 14.8. The van der Waals surface area contributed by atoms with Crippen LogP contribution in [0.2, 0.25) is 5.02 Å². The summed E-state index contributed by atoms with van der Waals surface area (Å²) in [5.41, 5.74) is 1.00. The van der Waals surface area contributed by atoms with Crippen LogP contribution in [0.1, 0.15) is 44.6 Å². The number of nitrogens with one attached hydrogen (secondary N) is 1. The highest BCUT2D eigenvalue weighted by Crippen LogP contribution is 2.32. The predicted molar refractivity (Wildman–Crippen MR) is 148 cm³/mol. The molecule has 0 heterocycles. The molecule has 2 aromatic rings.